The van der Waals surface area contributed by atoms with Crippen LogP contribution in [0.5, 0.6) is 0 Å². The molecule has 7 heteroatoms. The third-order valence-corrected chi connectivity index (χ3v) is 2.93. The number of hydrogen-bond acceptors (Lipinski definition) is 3. The highest BCUT2D eigenvalue weighted by Crippen LogP contribution is 2.19. The van der Waals surface area contributed by atoms with E-state index >= 15 is 0 Å². The smallest absolute Gasteiger partial charge is 0.258 e. The van der Waals surface area contributed by atoms with Gasteiger partial charge in [-0.1, -0.05) is 23.2 Å². The molecule has 94 valence electrons. The Bertz CT molecular complexity index is 590. The average Bonchev–Trinajstić information content (AvgIpc) is 2.61. The molecule has 0 atom stereocenters. The number of amides is 1. The van der Waals surface area contributed by atoms with Crippen molar-refractivity contribution in [2.24, 2.45) is 7.05 Å². The highest BCUT2D eigenvalue weighted by Gasteiger charge is 2.13. The quantitative estimate of drug-likeness (QED) is 0.863. The van der Waals surface area contributed by atoms with Crippen molar-refractivity contribution in [1.29, 1.82) is 0 Å². The van der Waals surface area contributed by atoms with Crippen molar-refractivity contribution in [1.82, 2.24) is 14.8 Å². The summed E-state index contributed by atoms with van der Waals surface area (Å²) in [6.07, 6.45) is 1.34. The molecule has 2 rings (SSSR count). The molecule has 0 radical (unpaired) electrons. The predicted molar refractivity (Wildman–Crippen MR) is 70.2 cm³/mol. The van der Waals surface area contributed by atoms with Crippen LogP contribution in [-0.4, -0.2) is 20.7 Å². The minimum Gasteiger partial charge on any atom is -0.305 e. The number of nitrogens with zero attached hydrogens (tertiary/aromatic N) is 3. The van der Waals surface area contributed by atoms with Crippen molar-refractivity contribution in [3.8, 4) is 0 Å². The minimum atomic E-state index is -0.373. The Kier molecular flexibility index (Phi) is 3.54. The van der Waals surface area contributed by atoms with E-state index in [0.29, 0.717) is 5.82 Å². The topological polar surface area (TPSA) is 59.8 Å². The van der Waals surface area contributed by atoms with Crippen molar-refractivity contribution in [3.05, 3.63) is 39.8 Å². The van der Waals surface area contributed by atoms with Gasteiger partial charge in [0, 0.05) is 25.0 Å². The lowest BCUT2D eigenvalue weighted by Gasteiger charge is -2.04. The fraction of sp³-hybridized carbons (Fsp3) is 0.182. The Balaban J connectivity index is 2.24. The zero-order valence-electron chi connectivity index (χ0n) is 9.74. The maximum Gasteiger partial charge on any atom is 0.258 e. The van der Waals surface area contributed by atoms with E-state index in [4.69, 9.17) is 23.2 Å². The van der Waals surface area contributed by atoms with Crippen LogP contribution < -0.4 is 5.32 Å². The zero-order valence-corrected chi connectivity index (χ0v) is 11.2. The second-order valence-corrected chi connectivity index (χ2v) is 4.53. The Morgan fingerprint density at radius 3 is 2.72 bits per heavy atom. The molecule has 0 fully saturated rings. The molecule has 5 nitrogen and oxygen atoms in total. The lowest BCUT2D eigenvalue weighted by atomic mass is 10.2. The van der Waals surface area contributed by atoms with E-state index < -0.39 is 0 Å². The van der Waals surface area contributed by atoms with E-state index in [1.807, 2.05) is 6.92 Å². The van der Waals surface area contributed by atoms with Crippen molar-refractivity contribution in [3.63, 3.8) is 0 Å². The number of anilines is 1. The Morgan fingerprint density at radius 2 is 2.11 bits per heavy atom. The molecule has 0 spiro atoms. The molecule has 2 heterocycles. The van der Waals surface area contributed by atoms with Crippen LogP contribution in [0.1, 0.15) is 16.1 Å². The molecular formula is C11H10Cl2N4O. The third-order valence-electron chi connectivity index (χ3n) is 2.42. The van der Waals surface area contributed by atoms with Crippen molar-refractivity contribution < 1.29 is 4.79 Å². The summed E-state index contributed by atoms with van der Waals surface area (Å²) in [6.45, 7) is 1.89. The molecule has 18 heavy (non-hydrogen) atoms. The van der Waals surface area contributed by atoms with Gasteiger partial charge in [-0.3, -0.25) is 9.48 Å². The number of pyridine rings is 1. The number of aryl methyl sites for hydroxylation is 2. The molecule has 2 aromatic heterocycles. The SMILES string of the molecule is Cc1cc(NC(=O)c2cc(Cl)ncc2Cl)nn1C. The van der Waals surface area contributed by atoms with Crippen LogP contribution in [0.2, 0.25) is 10.2 Å². The molecule has 0 saturated heterocycles. The molecule has 2 aromatic rings. The van der Waals surface area contributed by atoms with E-state index in [2.05, 4.69) is 15.4 Å². The van der Waals surface area contributed by atoms with Gasteiger partial charge in [0.2, 0.25) is 0 Å². The average molecular weight is 285 g/mol. The number of halogens is 2. The van der Waals surface area contributed by atoms with Crippen LogP contribution >= 0.6 is 23.2 Å². The van der Waals surface area contributed by atoms with Crippen LogP contribution in [0.15, 0.2) is 18.3 Å². The summed E-state index contributed by atoms with van der Waals surface area (Å²) in [5.74, 6) is 0.0893. The summed E-state index contributed by atoms with van der Waals surface area (Å²) in [5.41, 5.74) is 1.20. The molecule has 0 unspecified atom stereocenters. The summed E-state index contributed by atoms with van der Waals surface area (Å²) in [4.78, 5) is 15.8. The first-order chi connectivity index (χ1) is 8.47. The van der Waals surface area contributed by atoms with E-state index in [1.54, 1.807) is 17.8 Å². The van der Waals surface area contributed by atoms with Gasteiger partial charge in [-0.2, -0.15) is 5.10 Å². The standard InChI is InChI=1S/C11H10Cl2N4O/c1-6-3-10(16-17(6)2)15-11(18)7-4-9(13)14-5-8(7)12/h3-5H,1-2H3,(H,15,16,18). The predicted octanol–water partition coefficient (Wildman–Crippen LogP) is 2.68. The van der Waals surface area contributed by atoms with Gasteiger partial charge in [-0.05, 0) is 13.0 Å². The first kappa shape index (κ1) is 12.9. The van der Waals surface area contributed by atoms with Gasteiger partial charge < -0.3 is 5.32 Å². The molecule has 0 saturated carbocycles. The van der Waals surface area contributed by atoms with Crippen LogP contribution in [0.25, 0.3) is 0 Å². The van der Waals surface area contributed by atoms with Crippen LogP contribution in [0.3, 0.4) is 0 Å². The number of carbonyl (C=O) groups excluding carboxylic acids is 1. The van der Waals surface area contributed by atoms with Gasteiger partial charge in [0.15, 0.2) is 5.82 Å². The van der Waals surface area contributed by atoms with Gasteiger partial charge in [-0.25, -0.2) is 4.98 Å². The summed E-state index contributed by atoms with van der Waals surface area (Å²) in [5, 5.41) is 7.22. The van der Waals surface area contributed by atoms with Gasteiger partial charge in [0.05, 0.1) is 10.6 Å². The van der Waals surface area contributed by atoms with E-state index in [9.17, 15) is 4.79 Å². The minimum absolute atomic E-state index is 0.210. The fourth-order valence-corrected chi connectivity index (χ4v) is 1.74. The molecule has 0 aliphatic heterocycles. The Hall–Kier alpha value is -1.59. The van der Waals surface area contributed by atoms with Crippen molar-refractivity contribution in [2.75, 3.05) is 5.32 Å². The Labute approximate surface area is 114 Å². The normalized spacial score (nSPS) is 10.4. The molecule has 1 N–H and O–H groups in total. The number of nitrogens with one attached hydrogen (secondary N) is 1. The van der Waals surface area contributed by atoms with E-state index in [-0.39, 0.29) is 21.6 Å². The van der Waals surface area contributed by atoms with Crippen molar-refractivity contribution >= 4 is 34.9 Å². The largest absolute Gasteiger partial charge is 0.305 e. The van der Waals surface area contributed by atoms with E-state index in [0.717, 1.165) is 5.69 Å². The third kappa shape index (κ3) is 2.63. The molecule has 0 aliphatic carbocycles. The van der Waals surface area contributed by atoms with Crippen molar-refractivity contribution in [2.45, 2.75) is 6.92 Å². The number of aromatic nitrogens is 3. The number of hydrogen-bond donors (Lipinski definition) is 1. The van der Waals surface area contributed by atoms with Gasteiger partial charge >= 0.3 is 0 Å². The lowest BCUT2D eigenvalue weighted by molar-refractivity contribution is 0.102. The molecular weight excluding hydrogens is 275 g/mol. The number of rotatable bonds is 2. The second-order valence-electron chi connectivity index (χ2n) is 3.74. The molecule has 0 bridgehead atoms. The lowest BCUT2D eigenvalue weighted by Crippen LogP contribution is -2.13. The Morgan fingerprint density at radius 1 is 1.39 bits per heavy atom. The molecule has 1 amide bonds. The second kappa shape index (κ2) is 4.96. The molecule has 0 aromatic carbocycles. The zero-order chi connectivity index (χ0) is 13.3. The highest BCUT2D eigenvalue weighted by molar-refractivity contribution is 6.35. The van der Waals surface area contributed by atoms with Gasteiger partial charge in [0.1, 0.15) is 5.15 Å². The van der Waals surface area contributed by atoms with Gasteiger partial charge in [0.25, 0.3) is 5.91 Å². The highest BCUT2D eigenvalue weighted by atomic mass is 35.5. The van der Waals surface area contributed by atoms with Crippen LogP contribution in [0, 0.1) is 6.92 Å². The maximum atomic E-state index is 12.0. The monoisotopic (exact) mass is 284 g/mol. The maximum absolute atomic E-state index is 12.0. The number of carbonyl (C=O) groups is 1. The first-order valence-electron chi connectivity index (χ1n) is 5.10. The summed E-state index contributed by atoms with van der Waals surface area (Å²) in [7, 11) is 1.79. The van der Waals surface area contributed by atoms with Gasteiger partial charge in [-0.15, -0.1) is 0 Å². The summed E-state index contributed by atoms with van der Waals surface area (Å²) in [6, 6.07) is 3.17. The van der Waals surface area contributed by atoms with Crippen LogP contribution in [0.4, 0.5) is 5.82 Å². The molecule has 0 aliphatic rings. The first-order valence-corrected chi connectivity index (χ1v) is 5.86. The summed E-state index contributed by atoms with van der Waals surface area (Å²) < 4.78 is 1.66. The van der Waals surface area contributed by atoms with Crippen LogP contribution in [-0.2, 0) is 7.05 Å². The fourth-order valence-electron chi connectivity index (χ4n) is 1.39. The summed E-state index contributed by atoms with van der Waals surface area (Å²) >= 11 is 11.6. The van der Waals surface area contributed by atoms with E-state index in [1.165, 1.54) is 12.3 Å².